The number of hydrogen-bond acceptors (Lipinski definition) is 2. The maximum atomic E-state index is 8.92. The molecular formula is C19H22N2. The van der Waals surface area contributed by atoms with Crippen LogP contribution in [0.2, 0.25) is 0 Å². The summed E-state index contributed by atoms with van der Waals surface area (Å²) in [5, 5.41) is 12.4. The maximum Gasteiger partial charge on any atom is 0.0991 e. The molecule has 0 spiro atoms. The van der Waals surface area contributed by atoms with Gasteiger partial charge in [0.1, 0.15) is 0 Å². The lowest BCUT2D eigenvalue weighted by molar-refractivity contribution is 0.574. The molecule has 0 aliphatic carbocycles. The van der Waals surface area contributed by atoms with E-state index in [1.165, 1.54) is 17.5 Å². The van der Waals surface area contributed by atoms with Crippen molar-refractivity contribution < 1.29 is 0 Å². The largest absolute Gasteiger partial charge is 0.306 e. The van der Waals surface area contributed by atoms with E-state index in [4.69, 9.17) is 5.26 Å². The number of aryl methyl sites for hydroxylation is 1. The molecule has 0 saturated heterocycles. The van der Waals surface area contributed by atoms with Crippen LogP contribution in [0, 0.1) is 11.3 Å². The van der Waals surface area contributed by atoms with Crippen molar-refractivity contribution in [2.45, 2.75) is 39.3 Å². The lowest BCUT2D eigenvalue weighted by Crippen LogP contribution is -2.18. The molecule has 1 N–H and O–H groups in total. The second kappa shape index (κ2) is 7.61. The van der Waals surface area contributed by atoms with Crippen LogP contribution in [0.5, 0.6) is 0 Å². The molecule has 2 nitrogen and oxygen atoms in total. The van der Waals surface area contributed by atoms with Crippen LogP contribution in [0.3, 0.4) is 0 Å². The van der Waals surface area contributed by atoms with Gasteiger partial charge in [0.15, 0.2) is 0 Å². The molecule has 21 heavy (non-hydrogen) atoms. The Morgan fingerprint density at radius 2 is 1.86 bits per heavy atom. The van der Waals surface area contributed by atoms with Crippen molar-refractivity contribution in [2.24, 2.45) is 0 Å². The van der Waals surface area contributed by atoms with Crippen molar-refractivity contribution in [2.75, 3.05) is 0 Å². The summed E-state index contributed by atoms with van der Waals surface area (Å²) in [5.74, 6) is 0. The summed E-state index contributed by atoms with van der Waals surface area (Å²) < 4.78 is 0. The smallest absolute Gasteiger partial charge is 0.0991 e. The van der Waals surface area contributed by atoms with Crippen LogP contribution in [0.15, 0.2) is 48.5 Å². The number of hydrogen-bond donors (Lipinski definition) is 1. The summed E-state index contributed by atoms with van der Waals surface area (Å²) in [5.41, 5.74) is 4.55. The fraction of sp³-hybridized carbons (Fsp3) is 0.316. The normalized spacial score (nSPS) is 11.9. The molecular weight excluding hydrogens is 256 g/mol. The van der Waals surface area contributed by atoms with Crippen LogP contribution in [0.4, 0.5) is 0 Å². The highest BCUT2D eigenvalue weighted by Gasteiger charge is 2.05. The van der Waals surface area contributed by atoms with Gasteiger partial charge in [-0.15, -0.1) is 0 Å². The highest BCUT2D eigenvalue weighted by Crippen LogP contribution is 2.15. The van der Waals surface area contributed by atoms with Crippen LogP contribution >= 0.6 is 0 Å². The standard InChI is InChI=1S/C19H22N2/c1-3-5-16-8-10-19(11-9-16)15(2)21-14-18-7-4-6-17(12-18)13-20/h4,6-12,15,21H,3,5,14H2,1-2H3. The van der Waals surface area contributed by atoms with Crippen LogP contribution in [0.1, 0.15) is 48.6 Å². The van der Waals surface area contributed by atoms with Gasteiger partial charge in [0.2, 0.25) is 0 Å². The Morgan fingerprint density at radius 1 is 1.10 bits per heavy atom. The zero-order chi connectivity index (χ0) is 15.1. The first kappa shape index (κ1) is 15.3. The van der Waals surface area contributed by atoms with E-state index in [2.05, 4.69) is 49.5 Å². The molecule has 0 heterocycles. The molecule has 0 fully saturated rings. The zero-order valence-corrected chi connectivity index (χ0v) is 12.8. The second-order valence-electron chi connectivity index (χ2n) is 5.41. The van der Waals surface area contributed by atoms with E-state index in [0.29, 0.717) is 11.6 Å². The van der Waals surface area contributed by atoms with E-state index in [1.54, 1.807) is 0 Å². The summed E-state index contributed by atoms with van der Waals surface area (Å²) in [6.07, 6.45) is 2.32. The van der Waals surface area contributed by atoms with Crippen molar-refractivity contribution in [3.05, 3.63) is 70.8 Å². The van der Waals surface area contributed by atoms with E-state index in [9.17, 15) is 0 Å². The SMILES string of the molecule is CCCc1ccc(C(C)NCc2cccc(C#N)c2)cc1. The van der Waals surface area contributed by atoms with Crippen molar-refractivity contribution in [1.82, 2.24) is 5.32 Å². The van der Waals surface area contributed by atoms with Crippen molar-refractivity contribution in [3.8, 4) is 6.07 Å². The van der Waals surface area contributed by atoms with Gasteiger partial charge in [-0.1, -0.05) is 49.7 Å². The fourth-order valence-corrected chi connectivity index (χ4v) is 2.40. The van der Waals surface area contributed by atoms with Gasteiger partial charge in [-0.2, -0.15) is 5.26 Å². The Kier molecular flexibility index (Phi) is 5.54. The third kappa shape index (κ3) is 4.44. The molecule has 0 aliphatic rings. The predicted molar refractivity (Wildman–Crippen MR) is 86.8 cm³/mol. The monoisotopic (exact) mass is 278 g/mol. The summed E-state index contributed by atoms with van der Waals surface area (Å²) in [6, 6.07) is 19.1. The van der Waals surface area contributed by atoms with Crippen molar-refractivity contribution in [1.29, 1.82) is 5.26 Å². The molecule has 0 aliphatic heterocycles. The first-order chi connectivity index (χ1) is 10.2. The minimum Gasteiger partial charge on any atom is -0.306 e. The van der Waals surface area contributed by atoms with E-state index in [-0.39, 0.29) is 0 Å². The molecule has 0 saturated carbocycles. The second-order valence-corrected chi connectivity index (χ2v) is 5.41. The van der Waals surface area contributed by atoms with E-state index >= 15 is 0 Å². The van der Waals surface area contributed by atoms with Gasteiger partial charge in [0.25, 0.3) is 0 Å². The van der Waals surface area contributed by atoms with E-state index in [0.717, 1.165) is 18.5 Å². The molecule has 1 atom stereocenters. The van der Waals surface area contributed by atoms with Gasteiger partial charge in [0.05, 0.1) is 11.6 Å². The molecule has 2 heteroatoms. The number of nitrogens with zero attached hydrogens (tertiary/aromatic N) is 1. The topological polar surface area (TPSA) is 35.8 Å². The van der Waals surface area contributed by atoms with Gasteiger partial charge in [-0.05, 0) is 42.2 Å². The molecule has 108 valence electrons. The zero-order valence-electron chi connectivity index (χ0n) is 12.8. The van der Waals surface area contributed by atoms with Gasteiger partial charge in [-0.3, -0.25) is 0 Å². The average molecular weight is 278 g/mol. The summed E-state index contributed by atoms with van der Waals surface area (Å²) in [7, 11) is 0. The molecule has 2 aromatic carbocycles. The van der Waals surface area contributed by atoms with Gasteiger partial charge < -0.3 is 5.32 Å². The Bertz CT molecular complexity index is 608. The summed E-state index contributed by atoms with van der Waals surface area (Å²) in [6.45, 7) is 5.14. The Hall–Kier alpha value is -2.11. The number of nitrogens with one attached hydrogen (secondary N) is 1. The fourth-order valence-electron chi connectivity index (χ4n) is 2.40. The minimum atomic E-state index is 0.298. The highest BCUT2D eigenvalue weighted by atomic mass is 14.9. The third-order valence-electron chi connectivity index (χ3n) is 3.69. The number of nitriles is 1. The van der Waals surface area contributed by atoms with Crippen LogP contribution in [0.25, 0.3) is 0 Å². The minimum absolute atomic E-state index is 0.298. The van der Waals surface area contributed by atoms with Gasteiger partial charge in [-0.25, -0.2) is 0 Å². The van der Waals surface area contributed by atoms with Crippen molar-refractivity contribution >= 4 is 0 Å². The molecule has 2 aromatic rings. The lowest BCUT2D eigenvalue weighted by Gasteiger charge is -2.15. The van der Waals surface area contributed by atoms with Gasteiger partial charge >= 0.3 is 0 Å². The lowest BCUT2D eigenvalue weighted by atomic mass is 10.0. The van der Waals surface area contributed by atoms with Crippen LogP contribution in [-0.2, 0) is 13.0 Å². The quantitative estimate of drug-likeness (QED) is 0.852. The Balaban J connectivity index is 1.94. The van der Waals surface area contributed by atoms with Crippen molar-refractivity contribution in [3.63, 3.8) is 0 Å². The molecule has 0 radical (unpaired) electrons. The summed E-state index contributed by atoms with van der Waals surface area (Å²) in [4.78, 5) is 0. The molecule has 1 unspecified atom stereocenters. The Labute approximate surface area is 127 Å². The Morgan fingerprint density at radius 3 is 2.52 bits per heavy atom. The van der Waals surface area contributed by atoms with E-state index < -0.39 is 0 Å². The average Bonchev–Trinajstić information content (AvgIpc) is 2.54. The third-order valence-corrected chi connectivity index (χ3v) is 3.69. The van der Waals surface area contributed by atoms with E-state index in [1.807, 2.05) is 24.3 Å². The first-order valence-corrected chi connectivity index (χ1v) is 7.54. The molecule has 2 rings (SSSR count). The first-order valence-electron chi connectivity index (χ1n) is 7.54. The number of benzene rings is 2. The van der Waals surface area contributed by atoms with Gasteiger partial charge in [0, 0.05) is 12.6 Å². The van der Waals surface area contributed by atoms with Crippen LogP contribution in [-0.4, -0.2) is 0 Å². The molecule has 0 bridgehead atoms. The number of rotatable bonds is 6. The molecule has 0 amide bonds. The summed E-state index contributed by atoms with van der Waals surface area (Å²) >= 11 is 0. The molecule has 0 aromatic heterocycles. The highest BCUT2D eigenvalue weighted by molar-refractivity contribution is 5.33. The van der Waals surface area contributed by atoms with Crippen LogP contribution < -0.4 is 5.32 Å². The predicted octanol–water partition coefficient (Wildman–Crippen LogP) is 4.36. The maximum absolute atomic E-state index is 8.92.